The molecule has 0 aliphatic heterocycles. The van der Waals surface area contributed by atoms with Crippen LogP contribution >= 0.6 is 0 Å². The zero-order valence-electron chi connectivity index (χ0n) is 8.79. The van der Waals surface area contributed by atoms with Gasteiger partial charge in [0.05, 0.1) is 19.1 Å². The monoisotopic (exact) mass is 211 g/mol. The Morgan fingerprint density at radius 3 is 2.67 bits per heavy atom. The molecule has 0 saturated heterocycles. The molecule has 4 heteroatoms. The van der Waals surface area contributed by atoms with E-state index in [9.17, 15) is 9.18 Å². The quantitative estimate of drug-likeness (QED) is 0.772. The fraction of sp³-hybridized carbons (Fsp3) is 0.364. The van der Waals surface area contributed by atoms with Crippen LogP contribution in [0.2, 0.25) is 0 Å². The van der Waals surface area contributed by atoms with Crippen LogP contribution in [0.5, 0.6) is 0 Å². The predicted molar refractivity (Wildman–Crippen MR) is 54.6 cm³/mol. The molecule has 0 aliphatic rings. The molecule has 0 aliphatic carbocycles. The third-order valence-electron chi connectivity index (χ3n) is 2.23. The first-order chi connectivity index (χ1) is 6.97. The molecule has 0 radical (unpaired) electrons. The highest BCUT2D eigenvalue weighted by Gasteiger charge is 2.27. The van der Waals surface area contributed by atoms with Gasteiger partial charge >= 0.3 is 5.97 Å². The van der Waals surface area contributed by atoms with E-state index in [-0.39, 0.29) is 6.42 Å². The number of esters is 1. The smallest absolute Gasteiger partial charge is 0.307 e. The average Bonchev–Trinajstić information content (AvgIpc) is 2.17. The normalized spacial score (nSPS) is 14.4. The molecule has 0 saturated carbocycles. The van der Waals surface area contributed by atoms with Gasteiger partial charge < -0.3 is 10.5 Å². The number of benzene rings is 1. The second-order valence-electron chi connectivity index (χ2n) is 3.65. The molecule has 0 amide bonds. The Balaban J connectivity index is 2.95. The van der Waals surface area contributed by atoms with Gasteiger partial charge in [0.1, 0.15) is 5.82 Å². The van der Waals surface area contributed by atoms with E-state index in [4.69, 9.17) is 5.73 Å². The molecular weight excluding hydrogens is 197 g/mol. The van der Waals surface area contributed by atoms with E-state index in [0.717, 1.165) is 0 Å². The van der Waals surface area contributed by atoms with E-state index in [1.54, 1.807) is 25.1 Å². The first kappa shape index (κ1) is 11.7. The number of hydrogen-bond acceptors (Lipinski definition) is 3. The van der Waals surface area contributed by atoms with E-state index < -0.39 is 17.3 Å². The molecule has 0 spiro atoms. The van der Waals surface area contributed by atoms with Gasteiger partial charge in [-0.25, -0.2) is 4.39 Å². The van der Waals surface area contributed by atoms with Crippen molar-refractivity contribution >= 4 is 5.97 Å². The molecule has 82 valence electrons. The van der Waals surface area contributed by atoms with Crippen molar-refractivity contribution < 1.29 is 13.9 Å². The molecule has 0 heterocycles. The summed E-state index contributed by atoms with van der Waals surface area (Å²) in [6.07, 6.45) is -0.0512. The SMILES string of the molecule is COC(=O)CC(C)(N)c1ccccc1F. The lowest BCUT2D eigenvalue weighted by atomic mass is 9.89. The van der Waals surface area contributed by atoms with Gasteiger partial charge in [0, 0.05) is 5.56 Å². The zero-order valence-corrected chi connectivity index (χ0v) is 8.79. The third-order valence-corrected chi connectivity index (χ3v) is 2.23. The van der Waals surface area contributed by atoms with Crippen LogP contribution in [-0.2, 0) is 15.1 Å². The maximum atomic E-state index is 13.4. The molecule has 1 unspecified atom stereocenters. The van der Waals surface area contributed by atoms with Crippen LogP contribution in [0, 0.1) is 5.82 Å². The van der Waals surface area contributed by atoms with Crippen molar-refractivity contribution in [2.75, 3.05) is 7.11 Å². The second-order valence-corrected chi connectivity index (χ2v) is 3.65. The molecule has 2 N–H and O–H groups in total. The Hall–Kier alpha value is -1.42. The van der Waals surface area contributed by atoms with Gasteiger partial charge in [-0.15, -0.1) is 0 Å². The van der Waals surface area contributed by atoms with E-state index in [0.29, 0.717) is 5.56 Å². The Kier molecular flexibility index (Phi) is 3.42. The van der Waals surface area contributed by atoms with Crippen LogP contribution in [0.15, 0.2) is 24.3 Å². The van der Waals surface area contributed by atoms with Crippen LogP contribution in [0.1, 0.15) is 18.9 Å². The summed E-state index contributed by atoms with van der Waals surface area (Å²) >= 11 is 0. The standard InChI is InChI=1S/C11H14FNO2/c1-11(13,7-10(14)15-2)8-5-3-4-6-9(8)12/h3-6H,7,13H2,1-2H3. The molecule has 1 rings (SSSR count). The fourth-order valence-electron chi connectivity index (χ4n) is 1.39. The molecule has 3 nitrogen and oxygen atoms in total. The van der Waals surface area contributed by atoms with Gasteiger partial charge in [0.2, 0.25) is 0 Å². The number of rotatable bonds is 3. The topological polar surface area (TPSA) is 52.3 Å². The molecule has 0 bridgehead atoms. The lowest BCUT2D eigenvalue weighted by Gasteiger charge is -2.24. The number of methoxy groups -OCH3 is 1. The van der Waals surface area contributed by atoms with Crippen molar-refractivity contribution in [2.24, 2.45) is 5.73 Å². The first-order valence-corrected chi connectivity index (χ1v) is 4.58. The van der Waals surface area contributed by atoms with Gasteiger partial charge in [0.15, 0.2) is 0 Å². The summed E-state index contributed by atoms with van der Waals surface area (Å²) < 4.78 is 17.9. The van der Waals surface area contributed by atoms with Gasteiger partial charge in [-0.05, 0) is 13.0 Å². The lowest BCUT2D eigenvalue weighted by Crippen LogP contribution is -2.36. The zero-order chi connectivity index (χ0) is 11.5. The summed E-state index contributed by atoms with van der Waals surface area (Å²) in [6, 6.07) is 6.14. The summed E-state index contributed by atoms with van der Waals surface area (Å²) in [5.74, 6) is -0.866. The van der Waals surface area contributed by atoms with Crippen LogP contribution in [-0.4, -0.2) is 13.1 Å². The minimum Gasteiger partial charge on any atom is -0.469 e. The summed E-state index contributed by atoms with van der Waals surface area (Å²) in [6.45, 7) is 1.60. The largest absolute Gasteiger partial charge is 0.469 e. The molecule has 0 fully saturated rings. The second kappa shape index (κ2) is 4.40. The molecule has 1 aromatic carbocycles. The summed E-state index contributed by atoms with van der Waals surface area (Å²) in [4.78, 5) is 11.1. The number of carbonyl (C=O) groups excluding carboxylic acids is 1. The van der Waals surface area contributed by atoms with Gasteiger partial charge in [-0.1, -0.05) is 18.2 Å². The fourth-order valence-corrected chi connectivity index (χ4v) is 1.39. The highest BCUT2D eigenvalue weighted by Crippen LogP contribution is 2.24. The Morgan fingerprint density at radius 1 is 1.53 bits per heavy atom. The van der Waals surface area contributed by atoms with Crippen molar-refractivity contribution in [3.8, 4) is 0 Å². The highest BCUT2D eigenvalue weighted by molar-refractivity contribution is 5.71. The van der Waals surface area contributed by atoms with E-state index in [2.05, 4.69) is 4.74 Å². The Morgan fingerprint density at radius 2 is 2.13 bits per heavy atom. The molecule has 15 heavy (non-hydrogen) atoms. The number of hydrogen-bond donors (Lipinski definition) is 1. The van der Waals surface area contributed by atoms with Crippen molar-refractivity contribution in [1.29, 1.82) is 0 Å². The predicted octanol–water partition coefficient (Wildman–Crippen LogP) is 1.56. The van der Waals surface area contributed by atoms with Crippen LogP contribution in [0.4, 0.5) is 4.39 Å². The van der Waals surface area contributed by atoms with Crippen LogP contribution in [0.3, 0.4) is 0 Å². The van der Waals surface area contributed by atoms with Crippen molar-refractivity contribution in [2.45, 2.75) is 18.9 Å². The summed E-state index contributed by atoms with van der Waals surface area (Å²) in [5.41, 5.74) is 5.15. The number of nitrogens with two attached hydrogens (primary N) is 1. The minimum absolute atomic E-state index is 0.0512. The maximum Gasteiger partial charge on any atom is 0.307 e. The molecule has 1 atom stereocenters. The molecule has 0 aromatic heterocycles. The summed E-state index contributed by atoms with van der Waals surface area (Å²) in [7, 11) is 1.28. The van der Waals surface area contributed by atoms with Crippen molar-refractivity contribution in [1.82, 2.24) is 0 Å². The van der Waals surface area contributed by atoms with Crippen LogP contribution < -0.4 is 5.73 Å². The van der Waals surface area contributed by atoms with Gasteiger partial charge in [0.25, 0.3) is 0 Å². The van der Waals surface area contributed by atoms with E-state index >= 15 is 0 Å². The summed E-state index contributed by atoms with van der Waals surface area (Å²) in [5, 5.41) is 0. The van der Waals surface area contributed by atoms with Gasteiger partial charge in [-0.3, -0.25) is 4.79 Å². The maximum absolute atomic E-state index is 13.4. The third kappa shape index (κ3) is 2.76. The molecule has 1 aromatic rings. The Bertz CT molecular complexity index is 363. The number of ether oxygens (including phenoxy) is 1. The first-order valence-electron chi connectivity index (χ1n) is 4.58. The van der Waals surface area contributed by atoms with Crippen molar-refractivity contribution in [3.05, 3.63) is 35.6 Å². The highest BCUT2D eigenvalue weighted by atomic mass is 19.1. The van der Waals surface area contributed by atoms with Crippen molar-refractivity contribution in [3.63, 3.8) is 0 Å². The molecular formula is C11H14FNO2. The average molecular weight is 211 g/mol. The van der Waals surface area contributed by atoms with E-state index in [1.807, 2.05) is 0 Å². The Labute approximate surface area is 88.0 Å². The van der Waals surface area contributed by atoms with Gasteiger partial charge in [-0.2, -0.15) is 0 Å². The van der Waals surface area contributed by atoms with Crippen LogP contribution in [0.25, 0.3) is 0 Å². The number of halogens is 1. The number of carbonyl (C=O) groups is 1. The van der Waals surface area contributed by atoms with E-state index in [1.165, 1.54) is 13.2 Å². The lowest BCUT2D eigenvalue weighted by molar-refractivity contribution is -0.142. The minimum atomic E-state index is -1.04.